The normalized spacial score (nSPS) is 35.5. The van der Waals surface area contributed by atoms with Gasteiger partial charge in [0.05, 0.1) is 0 Å². The molecule has 2 amide bonds. The van der Waals surface area contributed by atoms with Gasteiger partial charge in [-0.2, -0.15) is 8.62 Å². The molecule has 1 saturated heterocycles. The van der Waals surface area contributed by atoms with Crippen LogP contribution in [0.5, 0.6) is 0 Å². The number of hydrogen-bond donors (Lipinski definition) is 6. The quantitative estimate of drug-likeness (QED) is 0.227. The highest BCUT2D eigenvalue weighted by molar-refractivity contribution is 7.66. The molecule has 20 heteroatoms. The number of ether oxygens (including phenoxy) is 1. The van der Waals surface area contributed by atoms with Crippen molar-refractivity contribution in [3.05, 3.63) is 12.3 Å². The number of alkyl halides is 2. The zero-order chi connectivity index (χ0) is 23.9. The van der Waals surface area contributed by atoms with Crippen molar-refractivity contribution in [2.24, 2.45) is 0 Å². The third-order valence-electron chi connectivity index (χ3n) is 4.09. The number of urea groups is 1. The second-order valence-corrected chi connectivity index (χ2v) is 10.7. The minimum Gasteiger partial charge on any atom is -0.383 e. The number of phosphoric ester groups is 1. The van der Waals surface area contributed by atoms with Gasteiger partial charge >= 0.3 is 29.5 Å². The lowest BCUT2D eigenvalue weighted by molar-refractivity contribution is -0.205. The highest BCUT2D eigenvalue weighted by Gasteiger charge is 2.67. The number of amides is 2. The molecular weight excluding hydrogens is 499 g/mol. The summed E-state index contributed by atoms with van der Waals surface area (Å²) in [7, 11) is -17.3. The predicted molar refractivity (Wildman–Crippen MR) is 93.0 cm³/mol. The van der Waals surface area contributed by atoms with Gasteiger partial charge in [0.15, 0.2) is 18.0 Å². The number of nitrogens with one attached hydrogen (secondary N) is 1. The van der Waals surface area contributed by atoms with E-state index >= 15 is 8.78 Å². The number of carbonyl (C=O) groups excluding carboxylic acids is 1. The van der Waals surface area contributed by atoms with Crippen LogP contribution in [0.25, 0.3) is 0 Å². The average molecular weight is 518 g/mol. The zero-order valence-corrected chi connectivity index (χ0v) is 18.2. The van der Waals surface area contributed by atoms with Gasteiger partial charge < -0.3 is 34.7 Å². The standard InChI is InChI=1S/C11H19F2N2O13P3/c1-2-10(12)7(16)11(13,26-8(10)15-5-3-4-14-9(15)17)6-25-30(21,22)28-31(23,24)27-29(18,19)20/h3,5,7-8,16H,2,4,6H2,1H3,(H,14,17)(H,21,22)(H,23,24)(H2,18,19,20). The fraction of sp³-hybridized carbons (Fsp3) is 0.727. The molecule has 0 aromatic rings. The molecule has 15 nitrogen and oxygen atoms in total. The van der Waals surface area contributed by atoms with Crippen LogP contribution in [0.3, 0.4) is 0 Å². The number of rotatable bonds is 9. The van der Waals surface area contributed by atoms with Gasteiger partial charge in [0.1, 0.15) is 6.61 Å². The predicted octanol–water partition coefficient (Wildman–Crippen LogP) is 0.370. The van der Waals surface area contributed by atoms with Gasteiger partial charge in [0.2, 0.25) is 0 Å². The van der Waals surface area contributed by atoms with Crippen LogP contribution in [-0.2, 0) is 31.6 Å². The largest absolute Gasteiger partial charge is 0.490 e. The third kappa shape index (κ3) is 6.16. The molecule has 2 aliphatic heterocycles. The molecule has 0 bridgehead atoms. The van der Waals surface area contributed by atoms with E-state index < -0.39 is 66.4 Å². The molecule has 180 valence electrons. The summed E-state index contributed by atoms with van der Waals surface area (Å²) < 4.78 is 79.9. The van der Waals surface area contributed by atoms with E-state index in [9.17, 15) is 28.5 Å². The molecule has 31 heavy (non-hydrogen) atoms. The summed E-state index contributed by atoms with van der Waals surface area (Å²) in [6, 6.07) is -0.896. The summed E-state index contributed by atoms with van der Waals surface area (Å²) >= 11 is 0. The van der Waals surface area contributed by atoms with Crippen LogP contribution in [-0.4, -0.2) is 72.6 Å². The topological polar surface area (TPSA) is 222 Å². The number of phosphoric acid groups is 3. The molecule has 6 N–H and O–H groups in total. The van der Waals surface area contributed by atoms with E-state index in [1.165, 1.54) is 13.0 Å². The molecule has 1 fully saturated rings. The van der Waals surface area contributed by atoms with Crippen LogP contribution in [0.15, 0.2) is 12.3 Å². The van der Waals surface area contributed by atoms with E-state index in [1.54, 1.807) is 0 Å². The fourth-order valence-electron chi connectivity index (χ4n) is 2.74. The van der Waals surface area contributed by atoms with Gasteiger partial charge in [-0.05, 0) is 12.5 Å². The van der Waals surface area contributed by atoms with Crippen LogP contribution in [0, 0.1) is 0 Å². The Morgan fingerprint density at radius 3 is 2.35 bits per heavy atom. The first-order chi connectivity index (χ1) is 13.9. The summed E-state index contributed by atoms with van der Waals surface area (Å²) in [6.45, 7) is -0.485. The molecular formula is C11H19F2N2O13P3. The van der Waals surface area contributed by atoms with Gasteiger partial charge in [-0.15, -0.1) is 0 Å². The lowest BCUT2D eigenvalue weighted by atomic mass is 9.92. The van der Waals surface area contributed by atoms with Crippen molar-refractivity contribution < 1.29 is 69.8 Å². The second-order valence-electron chi connectivity index (χ2n) is 6.28. The monoisotopic (exact) mass is 518 g/mol. The minimum atomic E-state index is -5.88. The second kappa shape index (κ2) is 8.86. The van der Waals surface area contributed by atoms with Gasteiger partial charge in [-0.25, -0.2) is 27.3 Å². The summed E-state index contributed by atoms with van der Waals surface area (Å²) in [6.07, 6.45) is -2.88. The minimum absolute atomic E-state index is 0.0861. The van der Waals surface area contributed by atoms with E-state index in [4.69, 9.17) is 19.4 Å². The first-order valence-corrected chi connectivity index (χ1v) is 12.7. The average Bonchev–Trinajstić information content (AvgIpc) is 2.80. The Morgan fingerprint density at radius 1 is 1.23 bits per heavy atom. The van der Waals surface area contributed by atoms with Crippen LogP contribution in [0.4, 0.5) is 13.6 Å². The Morgan fingerprint density at radius 2 is 1.84 bits per heavy atom. The molecule has 2 aliphatic rings. The Labute approximate surface area is 173 Å². The highest BCUT2D eigenvalue weighted by atomic mass is 31.3. The van der Waals surface area contributed by atoms with Crippen molar-refractivity contribution in [2.45, 2.75) is 37.2 Å². The number of carbonyl (C=O) groups is 1. The highest BCUT2D eigenvalue weighted by Crippen LogP contribution is 2.66. The van der Waals surface area contributed by atoms with Crippen molar-refractivity contribution in [3.8, 4) is 0 Å². The molecule has 6 atom stereocenters. The van der Waals surface area contributed by atoms with E-state index in [1.807, 2.05) is 0 Å². The summed E-state index contributed by atoms with van der Waals surface area (Å²) in [4.78, 5) is 47.9. The molecule has 0 aromatic heterocycles. The molecule has 0 aromatic carbocycles. The molecule has 0 radical (unpaired) electrons. The van der Waals surface area contributed by atoms with Gasteiger partial charge in [-0.3, -0.25) is 9.42 Å². The molecule has 0 spiro atoms. The van der Waals surface area contributed by atoms with Gasteiger partial charge in [-0.1, -0.05) is 6.92 Å². The molecule has 0 aliphatic carbocycles. The SMILES string of the molecule is CCC1(F)C(N2C=CCNC2=O)OC(F)(COP(=O)(O)OP(=O)(O)OP(=O)(O)O)C1O. The Hall–Kier alpha value is -0.800. The van der Waals surface area contributed by atoms with Crippen molar-refractivity contribution in [1.82, 2.24) is 10.2 Å². The maximum atomic E-state index is 15.3. The smallest absolute Gasteiger partial charge is 0.383 e. The number of halogens is 2. The maximum Gasteiger partial charge on any atom is 0.490 e. The number of aliphatic hydroxyl groups excluding tert-OH is 1. The van der Waals surface area contributed by atoms with E-state index in [0.29, 0.717) is 4.90 Å². The first kappa shape index (κ1) is 26.5. The van der Waals surface area contributed by atoms with Gasteiger partial charge in [0.25, 0.3) is 5.85 Å². The van der Waals surface area contributed by atoms with Gasteiger partial charge in [0, 0.05) is 12.7 Å². The molecule has 2 rings (SSSR count). The third-order valence-corrected chi connectivity index (χ3v) is 7.87. The van der Waals surface area contributed by atoms with Crippen LogP contribution >= 0.6 is 23.5 Å². The zero-order valence-electron chi connectivity index (χ0n) is 15.5. The van der Waals surface area contributed by atoms with Crippen molar-refractivity contribution in [3.63, 3.8) is 0 Å². The summed E-state index contributed by atoms with van der Waals surface area (Å²) in [5.41, 5.74) is -2.92. The van der Waals surface area contributed by atoms with Crippen LogP contribution in [0.1, 0.15) is 13.3 Å². The number of aliphatic hydroxyl groups is 1. The fourth-order valence-corrected chi connectivity index (χ4v) is 5.77. The van der Waals surface area contributed by atoms with E-state index in [-0.39, 0.29) is 6.54 Å². The Kier molecular flexibility index (Phi) is 7.56. The Bertz CT molecular complexity index is 885. The number of hydrogen-bond acceptors (Lipinski definition) is 9. The first-order valence-electron chi connectivity index (χ1n) is 8.19. The van der Waals surface area contributed by atoms with Crippen molar-refractivity contribution in [2.75, 3.05) is 13.2 Å². The van der Waals surface area contributed by atoms with Crippen LogP contribution < -0.4 is 5.32 Å². The van der Waals surface area contributed by atoms with Crippen LogP contribution in [0.2, 0.25) is 0 Å². The van der Waals surface area contributed by atoms with Crippen molar-refractivity contribution >= 4 is 29.5 Å². The maximum absolute atomic E-state index is 15.3. The van der Waals surface area contributed by atoms with E-state index in [0.717, 1.165) is 6.20 Å². The lowest BCUT2D eigenvalue weighted by Gasteiger charge is -2.34. The summed E-state index contributed by atoms with van der Waals surface area (Å²) in [5.74, 6) is -3.56. The molecule has 0 saturated carbocycles. The summed E-state index contributed by atoms with van der Waals surface area (Å²) in [5, 5.41) is 12.4. The van der Waals surface area contributed by atoms with Crippen molar-refractivity contribution in [1.29, 1.82) is 0 Å². The van der Waals surface area contributed by atoms with E-state index in [2.05, 4.69) is 18.5 Å². The Balaban J connectivity index is 2.18. The number of nitrogens with zero attached hydrogens (tertiary/aromatic N) is 1. The molecule has 6 unspecified atom stereocenters. The molecule has 2 heterocycles. The lowest BCUT2D eigenvalue weighted by Crippen LogP contribution is -2.55.